The highest BCUT2D eigenvalue weighted by molar-refractivity contribution is 6.06. The first kappa shape index (κ1) is 36.6. The highest BCUT2D eigenvalue weighted by Gasteiger charge is 2.44. The second-order valence-electron chi connectivity index (χ2n) is 14.7. The molecule has 3 aromatic carbocycles. The summed E-state index contributed by atoms with van der Waals surface area (Å²) in [7, 11) is 1.53. The number of carbonyl (C=O) groups is 4. The second-order valence-corrected chi connectivity index (χ2v) is 14.7. The molecule has 3 heterocycles. The SMILES string of the molecule is Cc1ccc(-c2c(C)noc2C)cc1N(CCN1CCN(c2ccc(C=O)c(C(=O)N(C)C3CCC(=O)NC3=O)c2)CC1)c1ccc(C2(C#N)CC2)cc1. The number of aryl methyl sites for hydroxylation is 3. The Morgan fingerprint density at radius 3 is 2.41 bits per heavy atom. The monoisotopic (exact) mass is 727 g/mol. The number of nitriles is 1. The van der Waals surface area contributed by atoms with E-state index in [0.717, 1.165) is 103 Å². The first-order valence-corrected chi connectivity index (χ1v) is 18.5. The molecule has 1 aliphatic carbocycles. The molecule has 3 amide bonds. The topological polar surface area (TPSA) is 143 Å². The molecule has 0 spiro atoms. The van der Waals surface area contributed by atoms with Crippen molar-refractivity contribution in [3.63, 3.8) is 0 Å². The van der Waals surface area contributed by atoms with Gasteiger partial charge in [-0.2, -0.15) is 5.26 Å². The van der Waals surface area contributed by atoms with Crippen LogP contribution in [0.5, 0.6) is 0 Å². The van der Waals surface area contributed by atoms with E-state index in [2.05, 4.69) is 80.6 Å². The van der Waals surface area contributed by atoms with E-state index in [9.17, 15) is 24.4 Å². The Morgan fingerprint density at radius 2 is 1.78 bits per heavy atom. The van der Waals surface area contributed by atoms with E-state index in [0.29, 0.717) is 6.29 Å². The van der Waals surface area contributed by atoms with E-state index in [4.69, 9.17) is 4.52 Å². The first-order valence-electron chi connectivity index (χ1n) is 18.5. The first-order chi connectivity index (χ1) is 26.0. The van der Waals surface area contributed by atoms with Crippen LogP contribution in [0.25, 0.3) is 11.1 Å². The number of piperazine rings is 1. The molecule has 12 heteroatoms. The van der Waals surface area contributed by atoms with Gasteiger partial charge in [0.05, 0.1) is 22.7 Å². The number of benzene rings is 3. The summed E-state index contributed by atoms with van der Waals surface area (Å²) in [4.78, 5) is 58.0. The number of imide groups is 1. The molecule has 0 bridgehead atoms. The Kier molecular flexibility index (Phi) is 10.1. The lowest BCUT2D eigenvalue weighted by Gasteiger charge is -2.38. The second kappa shape index (κ2) is 14.9. The molecule has 2 aliphatic heterocycles. The van der Waals surface area contributed by atoms with Gasteiger partial charge in [0.1, 0.15) is 11.8 Å². The van der Waals surface area contributed by atoms with Crippen LogP contribution in [0.3, 0.4) is 0 Å². The van der Waals surface area contributed by atoms with Crippen molar-refractivity contribution in [2.24, 2.45) is 0 Å². The quantitative estimate of drug-likeness (QED) is 0.156. The molecule has 7 rings (SSSR count). The predicted octanol–water partition coefficient (Wildman–Crippen LogP) is 5.47. The highest BCUT2D eigenvalue weighted by atomic mass is 16.5. The fourth-order valence-corrected chi connectivity index (χ4v) is 7.77. The molecule has 1 N–H and O–H groups in total. The molecule has 3 fully saturated rings. The average molecular weight is 728 g/mol. The van der Waals surface area contributed by atoms with Gasteiger partial charge in [0, 0.05) is 80.9 Å². The van der Waals surface area contributed by atoms with Crippen LogP contribution in [-0.4, -0.2) is 91.3 Å². The molecular weight excluding hydrogens is 683 g/mol. The van der Waals surface area contributed by atoms with Crippen molar-refractivity contribution < 1.29 is 23.7 Å². The van der Waals surface area contributed by atoms with Gasteiger partial charge in [0.15, 0.2) is 6.29 Å². The number of nitrogens with one attached hydrogen (secondary N) is 1. The Bertz CT molecular complexity index is 2120. The Hall–Kier alpha value is -5.80. The van der Waals surface area contributed by atoms with E-state index in [-0.39, 0.29) is 35.3 Å². The number of nitrogens with zero attached hydrogens (tertiary/aromatic N) is 6. The Labute approximate surface area is 315 Å². The molecule has 4 aromatic rings. The van der Waals surface area contributed by atoms with Gasteiger partial charge in [-0.3, -0.25) is 29.4 Å². The van der Waals surface area contributed by atoms with Crippen molar-refractivity contribution in [3.05, 3.63) is 94.4 Å². The summed E-state index contributed by atoms with van der Waals surface area (Å²) in [5.41, 5.74) is 8.22. The third-order valence-electron chi connectivity index (χ3n) is 11.3. The largest absolute Gasteiger partial charge is 0.369 e. The number of hydrogen-bond donors (Lipinski definition) is 1. The van der Waals surface area contributed by atoms with Gasteiger partial charge >= 0.3 is 0 Å². The molecule has 3 aliphatic rings. The van der Waals surface area contributed by atoms with Crippen LogP contribution in [0.1, 0.15) is 69.0 Å². The molecule has 2 saturated heterocycles. The van der Waals surface area contributed by atoms with Crippen molar-refractivity contribution in [2.75, 3.05) is 56.1 Å². The molecule has 1 atom stereocenters. The molecular formula is C42H45N7O5. The zero-order valence-electron chi connectivity index (χ0n) is 31.2. The van der Waals surface area contributed by atoms with E-state index >= 15 is 0 Å². The third-order valence-corrected chi connectivity index (χ3v) is 11.3. The molecule has 278 valence electrons. The lowest BCUT2D eigenvalue weighted by molar-refractivity contribution is -0.136. The summed E-state index contributed by atoms with van der Waals surface area (Å²) in [6, 6.07) is 21.9. The summed E-state index contributed by atoms with van der Waals surface area (Å²) in [6.07, 6.45) is 2.85. The van der Waals surface area contributed by atoms with Crippen LogP contribution >= 0.6 is 0 Å². The maximum Gasteiger partial charge on any atom is 0.255 e. The Balaban J connectivity index is 1.07. The van der Waals surface area contributed by atoms with E-state index in [1.807, 2.05) is 19.9 Å². The fourth-order valence-electron chi connectivity index (χ4n) is 7.77. The normalized spacial score (nSPS) is 18.1. The van der Waals surface area contributed by atoms with Crippen molar-refractivity contribution in [2.45, 2.75) is 57.9 Å². The zero-order chi connectivity index (χ0) is 38.1. The number of carbonyl (C=O) groups excluding carboxylic acids is 4. The highest BCUT2D eigenvalue weighted by Crippen LogP contribution is 2.48. The van der Waals surface area contributed by atoms with Gasteiger partial charge in [-0.05, 0) is 93.1 Å². The third kappa shape index (κ3) is 7.11. The molecule has 1 saturated carbocycles. The maximum absolute atomic E-state index is 13.6. The molecule has 1 unspecified atom stereocenters. The van der Waals surface area contributed by atoms with Gasteiger partial charge in [-0.25, -0.2) is 0 Å². The lowest BCUT2D eigenvalue weighted by Crippen LogP contribution is -2.53. The van der Waals surface area contributed by atoms with Crippen LogP contribution in [0, 0.1) is 32.1 Å². The predicted molar refractivity (Wildman–Crippen MR) is 205 cm³/mol. The molecule has 12 nitrogen and oxygen atoms in total. The standard InChI is InChI=1S/C42H45N7O5/c1-27-5-6-30(39-28(2)45-54-29(39)3)23-37(27)49(33-11-8-32(9-12-33)42(26-43)15-16-42)22-19-47-17-20-48(21-18-47)34-10-7-31(25-50)35(24-34)41(53)46(4)36-13-14-38(51)44-40(36)52/h5-12,23-25,36H,13-22H2,1-4H3,(H,44,51,52). The van der Waals surface area contributed by atoms with Crippen molar-refractivity contribution >= 4 is 41.1 Å². The number of amides is 3. The average Bonchev–Trinajstić information content (AvgIpc) is 3.92. The summed E-state index contributed by atoms with van der Waals surface area (Å²) in [6.45, 7) is 10.6. The van der Waals surface area contributed by atoms with Gasteiger partial charge in [-0.1, -0.05) is 29.4 Å². The van der Waals surface area contributed by atoms with Crippen molar-refractivity contribution in [1.82, 2.24) is 20.3 Å². The van der Waals surface area contributed by atoms with Crippen LogP contribution in [-0.2, 0) is 15.0 Å². The van der Waals surface area contributed by atoms with E-state index in [1.165, 1.54) is 11.9 Å². The lowest BCUT2D eigenvalue weighted by atomic mass is 9.97. The maximum atomic E-state index is 13.6. The molecule has 54 heavy (non-hydrogen) atoms. The van der Waals surface area contributed by atoms with E-state index < -0.39 is 17.9 Å². The smallest absolute Gasteiger partial charge is 0.255 e. The number of likely N-dealkylation sites (N-methyl/N-ethyl adjacent to an activating group) is 1. The van der Waals surface area contributed by atoms with Crippen LogP contribution in [0.15, 0.2) is 65.2 Å². The number of aldehydes is 1. The van der Waals surface area contributed by atoms with Gasteiger partial charge in [0.2, 0.25) is 11.8 Å². The zero-order valence-corrected chi connectivity index (χ0v) is 31.2. The number of rotatable bonds is 11. The van der Waals surface area contributed by atoms with Crippen molar-refractivity contribution in [1.29, 1.82) is 5.26 Å². The minimum Gasteiger partial charge on any atom is -0.369 e. The van der Waals surface area contributed by atoms with E-state index in [1.54, 1.807) is 12.1 Å². The Morgan fingerprint density at radius 1 is 1.04 bits per heavy atom. The number of anilines is 3. The summed E-state index contributed by atoms with van der Waals surface area (Å²) in [5.74, 6) is -0.518. The minimum atomic E-state index is -0.783. The van der Waals surface area contributed by atoms with Crippen LogP contribution in [0.2, 0.25) is 0 Å². The van der Waals surface area contributed by atoms with Crippen molar-refractivity contribution in [3.8, 4) is 17.2 Å². The van der Waals surface area contributed by atoms with Crippen LogP contribution < -0.4 is 15.1 Å². The minimum absolute atomic E-state index is 0.153. The fraction of sp³-hybridized carbons (Fsp3) is 0.381. The summed E-state index contributed by atoms with van der Waals surface area (Å²) in [5, 5.41) is 16.3. The summed E-state index contributed by atoms with van der Waals surface area (Å²) < 4.78 is 5.51. The number of piperidine rings is 1. The van der Waals surface area contributed by atoms with Gasteiger partial charge < -0.3 is 19.2 Å². The van der Waals surface area contributed by atoms with Gasteiger partial charge in [-0.15, -0.1) is 0 Å². The summed E-state index contributed by atoms with van der Waals surface area (Å²) >= 11 is 0. The van der Waals surface area contributed by atoms with Gasteiger partial charge in [0.25, 0.3) is 5.91 Å². The molecule has 1 aromatic heterocycles. The number of hydrogen-bond acceptors (Lipinski definition) is 10. The molecule has 0 radical (unpaired) electrons. The van der Waals surface area contributed by atoms with Crippen LogP contribution in [0.4, 0.5) is 17.1 Å². The number of aromatic nitrogens is 1.